The predicted molar refractivity (Wildman–Crippen MR) is 142 cm³/mol. The normalized spacial score (nSPS) is 14.1. The highest BCUT2D eigenvalue weighted by molar-refractivity contribution is 8.27. The van der Waals surface area contributed by atoms with Crippen LogP contribution in [0.15, 0.2) is 71.6 Å². The fourth-order valence-corrected chi connectivity index (χ4v) is 4.80. The molecule has 0 spiro atoms. The number of rotatable bonds is 8. The van der Waals surface area contributed by atoms with E-state index < -0.39 is 4.92 Å². The Kier molecular flexibility index (Phi) is 7.63. The van der Waals surface area contributed by atoms with Crippen molar-refractivity contribution in [1.29, 1.82) is 5.26 Å². The Balaban J connectivity index is 1.57. The number of amides is 1. The van der Waals surface area contributed by atoms with Crippen molar-refractivity contribution in [2.75, 3.05) is 11.5 Å². The Hall–Kier alpha value is -4.20. The molecule has 10 heteroatoms. The maximum absolute atomic E-state index is 13.1. The minimum atomic E-state index is -0.519. The zero-order chi connectivity index (χ0) is 25.7. The van der Waals surface area contributed by atoms with Gasteiger partial charge in [-0.3, -0.25) is 19.8 Å². The van der Waals surface area contributed by atoms with Crippen LogP contribution in [0.5, 0.6) is 11.5 Å². The molecule has 0 atom stereocenters. The van der Waals surface area contributed by atoms with Gasteiger partial charge in [-0.2, -0.15) is 5.26 Å². The second kappa shape index (κ2) is 11.0. The number of nitro benzene ring substituents is 1. The zero-order valence-electron chi connectivity index (χ0n) is 19.0. The number of non-ortho nitro benzene ring substituents is 1. The summed E-state index contributed by atoms with van der Waals surface area (Å²) in [7, 11) is 0. The molecule has 180 valence electrons. The maximum Gasteiger partial charge on any atom is 0.271 e. The molecule has 4 rings (SSSR count). The topological polar surface area (TPSA) is 106 Å². The summed E-state index contributed by atoms with van der Waals surface area (Å²) in [6.45, 7) is 2.46. The van der Waals surface area contributed by atoms with Crippen LogP contribution in [0.4, 0.5) is 11.4 Å². The lowest BCUT2D eigenvalue weighted by molar-refractivity contribution is -0.384. The Labute approximate surface area is 216 Å². The van der Waals surface area contributed by atoms with Gasteiger partial charge in [-0.25, -0.2) is 0 Å². The van der Waals surface area contributed by atoms with E-state index in [0.717, 1.165) is 17.3 Å². The van der Waals surface area contributed by atoms with E-state index in [0.29, 0.717) is 39.8 Å². The average molecular weight is 518 g/mol. The lowest BCUT2D eigenvalue weighted by Crippen LogP contribution is -2.27. The van der Waals surface area contributed by atoms with Gasteiger partial charge in [0, 0.05) is 17.7 Å². The van der Waals surface area contributed by atoms with Crippen molar-refractivity contribution in [1.82, 2.24) is 0 Å². The molecule has 1 fully saturated rings. The third-order valence-corrected chi connectivity index (χ3v) is 6.48. The van der Waals surface area contributed by atoms with E-state index in [4.69, 9.17) is 21.7 Å². The Bertz CT molecular complexity index is 1430. The third-order valence-electron chi connectivity index (χ3n) is 5.18. The van der Waals surface area contributed by atoms with Crippen LogP contribution in [0.25, 0.3) is 6.08 Å². The second-order valence-electron chi connectivity index (χ2n) is 7.49. The minimum absolute atomic E-state index is 0.125. The van der Waals surface area contributed by atoms with Crippen LogP contribution in [-0.4, -0.2) is 21.8 Å². The minimum Gasteiger partial charge on any atom is -0.490 e. The summed E-state index contributed by atoms with van der Waals surface area (Å²) in [5.41, 5.74) is 2.21. The molecule has 36 heavy (non-hydrogen) atoms. The van der Waals surface area contributed by atoms with Gasteiger partial charge in [0.2, 0.25) is 0 Å². The van der Waals surface area contributed by atoms with Crippen molar-refractivity contribution >= 4 is 51.7 Å². The number of thioether (sulfide) groups is 1. The largest absolute Gasteiger partial charge is 0.490 e. The number of benzene rings is 3. The Morgan fingerprint density at radius 2 is 1.92 bits per heavy atom. The molecule has 0 N–H and O–H groups in total. The van der Waals surface area contributed by atoms with Gasteiger partial charge in [0.15, 0.2) is 15.8 Å². The van der Waals surface area contributed by atoms with Gasteiger partial charge < -0.3 is 9.47 Å². The van der Waals surface area contributed by atoms with E-state index in [9.17, 15) is 20.2 Å². The zero-order valence-corrected chi connectivity index (χ0v) is 20.7. The Morgan fingerprint density at radius 3 is 2.67 bits per heavy atom. The summed E-state index contributed by atoms with van der Waals surface area (Å²) in [5, 5.41) is 20.4. The lowest BCUT2D eigenvalue weighted by Gasteiger charge is -2.14. The van der Waals surface area contributed by atoms with Gasteiger partial charge >= 0.3 is 0 Å². The molecule has 0 saturated carbocycles. The van der Waals surface area contributed by atoms with E-state index in [1.165, 1.54) is 23.1 Å². The molecule has 1 aliphatic rings. The fourth-order valence-electron chi connectivity index (χ4n) is 3.50. The summed E-state index contributed by atoms with van der Waals surface area (Å²) in [5.74, 6) is 0.637. The van der Waals surface area contributed by atoms with Crippen molar-refractivity contribution < 1.29 is 19.2 Å². The Morgan fingerprint density at radius 1 is 1.11 bits per heavy atom. The average Bonchev–Trinajstić information content (AvgIpc) is 3.16. The standard InChI is InChI=1S/C26H19N3O5S2/c1-2-33-23-12-17(10-11-22(23)34-16-19-7-4-3-6-18(19)15-27)13-24-25(30)28(26(35)36-24)20-8-5-9-21(14-20)29(31)32/h3-14H,2,16H2,1H3/b24-13-. The SMILES string of the molecule is CCOc1cc(/C=C2\SC(=S)N(c3cccc([N+](=O)[O-])c3)C2=O)ccc1OCc1ccccc1C#N. The number of anilines is 1. The first-order valence-corrected chi connectivity index (χ1v) is 12.0. The number of ether oxygens (including phenoxy) is 2. The van der Waals surface area contributed by atoms with Crippen LogP contribution < -0.4 is 14.4 Å². The number of carbonyl (C=O) groups is 1. The summed E-state index contributed by atoms with van der Waals surface area (Å²) < 4.78 is 12.0. The van der Waals surface area contributed by atoms with Crippen molar-refractivity contribution in [2.24, 2.45) is 0 Å². The molecule has 0 unspecified atom stereocenters. The van der Waals surface area contributed by atoms with Crippen molar-refractivity contribution in [3.63, 3.8) is 0 Å². The molecule has 0 radical (unpaired) electrons. The molecule has 0 bridgehead atoms. The van der Waals surface area contributed by atoms with Crippen LogP contribution in [0.1, 0.15) is 23.6 Å². The van der Waals surface area contributed by atoms with Crippen LogP contribution in [-0.2, 0) is 11.4 Å². The number of nitro groups is 1. The van der Waals surface area contributed by atoms with E-state index in [1.807, 2.05) is 19.1 Å². The highest BCUT2D eigenvalue weighted by Gasteiger charge is 2.34. The van der Waals surface area contributed by atoms with Crippen LogP contribution in [0, 0.1) is 21.4 Å². The fraction of sp³-hybridized carbons (Fsp3) is 0.115. The lowest BCUT2D eigenvalue weighted by atomic mass is 10.1. The van der Waals surface area contributed by atoms with E-state index in [2.05, 4.69) is 6.07 Å². The van der Waals surface area contributed by atoms with E-state index in [1.54, 1.807) is 42.5 Å². The monoisotopic (exact) mass is 517 g/mol. The molecule has 0 aromatic heterocycles. The van der Waals surface area contributed by atoms with E-state index in [-0.39, 0.29) is 22.5 Å². The van der Waals surface area contributed by atoms with Crippen molar-refractivity contribution in [3.05, 3.63) is 98.4 Å². The highest BCUT2D eigenvalue weighted by atomic mass is 32.2. The number of nitrogens with zero attached hydrogens (tertiary/aromatic N) is 3. The summed E-state index contributed by atoms with van der Waals surface area (Å²) in [4.78, 5) is 25.4. The molecule has 1 aliphatic heterocycles. The second-order valence-corrected chi connectivity index (χ2v) is 9.17. The number of carbonyl (C=O) groups excluding carboxylic acids is 1. The molecular formula is C26H19N3O5S2. The van der Waals surface area contributed by atoms with Gasteiger partial charge in [0.1, 0.15) is 6.61 Å². The smallest absolute Gasteiger partial charge is 0.271 e. The molecule has 1 saturated heterocycles. The first-order chi connectivity index (χ1) is 17.4. The molecule has 1 heterocycles. The van der Waals surface area contributed by atoms with Gasteiger partial charge in [-0.1, -0.05) is 54.3 Å². The molecule has 3 aromatic carbocycles. The predicted octanol–water partition coefficient (Wildman–Crippen LogP) is 5.85. The van der Waals surface area contributed by atoms with Gasteiger partial charge in [-0.05, 0) is 42.8 Å². The highest BCUT2D eigenvalue weighted by Crippen LogP contribution is 2.38. The summed E-state index contributed by atoms with van der Waals surface area (Å²) in [6.07, 6.45) is 1.69. The molecule has 0 aliphatic carbocycles. The van der Waals surface area contributed by atoms with Gasteiger partial charge in [0.25, 0.3) is 11.6 Å². The molecule has 1 amide bonds. The maximum atomic E-state index is 13.1. The van der Waals surface area contributed by atoms with Crippen LogP contribution >= 0.6 is 24.0 Å². The number of hydrogen-bond donors (Lipinski definition) is 0. The van der Waals surface area contributed by atoms with Crippen LogP contribution in [0.2, 0.25) is 0 Å². The quantitative estimate of drug-likeness (QED) is 0.159. The molecular weight excluding hydrogens is 498 g/mol. The first kappa shape index (κ1) is 24.9. The van der Waals surface area contributed by atoms with Gasteiger partial charge in [-0.15, -0.1) is 0 Å². The van der Waals surface area contributed by atoms with Crippen molar-refractivity contribution in [2.45, 2.75) is 13.5 Å². The van der Waals surface area contributed by atoms with Crippen molar-refractivity contribution in [3.8, 4) is 17.6 Å². The molecule has 8 nitrogen and oxygen atoms in total. The van der Waals surface area contributed by atoms with E-state index >= 15 is 0 Å². The number of thiocarbonyl (C=S) groups is 1. The summed E-state index contributed by atoms with van der Waals surface area (Å²) >= 11 is 6.50. The van der Waals surface area contributed by atoms with Crippen LogP contribution in [0.3, 0.4) is 0 Å². The number of hydrogen-bond acceptors (Lipinski definition) is 8. The molecule has 3 aromatic rings. The third kappa shape index (κ3) is 5.38. The summed E-state index contributed by atoms with van der Waals surface area (Å²) in [6, 6.07) is 20.4. The number of nitriles is 1. The van der Waals surface area contributed by atoms with Gasteiger partial charge in [0.05, 0.1) is 33.8 Å². The first-order valence-electron chi connectivity index (χ1n) is 10.8.